The zero-order chi connectivity index (χ0) is 15.1. The second-order valence-electron chi connectivity index (χ2n) is 6.30. The number of aromatic nitrogens is 2. The summed E-state index contributed by atoms with van der Waals surface area (Å²) < 4.78 is 2.15. The smallest absolute Gasteiger partial charge is 0.201 e. The van der Waals surface area contributed by atoms with Crippen LogP contribution < -0.4 is 5.73 Å². The van der Waals surface area contributed by atoms with Crippen LogP contribution in [0, 0.1) is 6.92 Å². The third kappa shape index (κ3) is 2.17. The summed E-state index contributed by atoms with van der Waals surface area (Å²) in [5.41, 5.74) is 13.9. The summed E-state index contributed by atoms with van der Waals surface area (Å²) in [6, 6.07) is 13.0. The van der Waals surface area contributed by atoms with Gasteiger partial charge in [-0.15, -0.1) is 0 Å². The fourth-order valence-electron chi connectivity index (χ4n) is 3.50. The molecular weight excluding hydrogens is 270 g/mol. The van der Waals surface area contributed by atoms with E-state index in [1.54, 1.807) is 0 Å². The number of nitrogen functional groups attached to an aromatic ring is 1. The molecule has 0 spiro atoms. The molecule has 3 aromatic rings. The summed E-state index contributed by atoms with van der Waals surface area (Å²) in [6.07, 6.45) is 4.94. The number of rotatable bonds is 2. The number of hydrogen-bond acceptors (Lipinski definition) is 2. The molecule has 3 heteroatoms. The van der Waals surface area contributed by atoms with Crippen LogP contribution in [-0.4, -0.2) is 9.55 Å². The molecule has 4 rings (SSSR count). The Morgan fingerprint density at radius 1 is 1.09 bits per heavy atom. The Morgan fingerprint density at radius 3 is 2.59 bits per heavy atom. The summed E-state index contributed by atoms with van der Waals surface area (Å²) in [4.78, 5) is 4.59. The predicted octanol–water partition coefficient (Wildman–Crippen LogP) is 3.85. The van der Waals surface area contributed by atoms with Crippen molar-refractivity contribution in [1.29, 1.82) is 0 Å². The third-order valence-corrected chi connectivity index (χ3v) is 4.83. The predicted molar refractivity (Wildman–Crippen MR) is 91.1 cm³/mol. The van der Waals surface area contributed by atoms with Gasteiger partial charge in [-0.2, -0.15) is 0 Å². The maximum absolute atomic E-state index is 6.20. The highest BCUT2D eigenvalue weighted by Crippen LogP contribution is 2.28. The van der Waals surface area contributed by atoms with E-state index in [4.69, 9.17) is 5.73 Å². The van der Waals surface area contributed by atoms with Crippen LogP contribution in [0.2, 0.25) is 0 Å². The lowest BCUT2D eigenvalue weighted by molar-refractivity contribution is 0.686. The maximum atomic E-state index is 6.20. The van der Waals surface area contributed by atoms with Crippen molar-refractivity contribution in [2.75, 3.05) is 5.73 Å². The zero-order valence-corrected chi connectivity index (χ0v) is 13.0. The summed E-state index contributed by atoms with van der Waals surface area (Å²) >= 11 is 0. The number of anilines is 1. The van der Waals surface area contributed by atoms with Gasteiger partial charge in [-0.05, 0) is 67.0 Å². The van der Waals surface area contributed by atoms with Crippen LogP contribution in [0.15, 0.2) is 36.4 Å². The molecule has 1 heterocycles. The van der Waals surface area contributed by atoms with Crippen molar-refractivity contribution in [2.24, 2.45) is 0 Å². The minimum absolute atomic E-state index is 0.612. The molecule has 2 aromatic carbocycles. The van der Waals surface area contributed by atoms with Crippen LogP contribution >= 0.6 is 0 Å². The summed E-state index contributed by atoms with van der Waals surface area (Å²) in [5.74, 6) is 0.612. The van der Waals surface area contributed by atoms with E-state index in [2.05, 4.69) is 52.9 Å². The quantitative estimate of drug-likeness (QED) is 0.779. The van der Waals surface area contributed by atoms with Crippen LogP contribution in [0.4, 0.5) is 5.95 Å². The van der Waals surface area contributed by atoms with Crippen molar-refractivity contribution in [1.82, 2.24) is 9.55 Å². The van der Waals surface area contributed by atoms with E-state index >= 15 is 0 Å². The highest BCUT2D eigenvalue weighted by Gasteiger charge is 2.15. The Labute approximate surface area is 130 Å². The number of aryl methyl sites for hydroxylation is 3. The molecule has 0 aliphatic heterocycles. The molecule has 0 atom stereocenters. The summed E-state index contributed by atoms with van der Waals surface area (Å²) in [6.45, 7) is 2.93. The second-order valence-corrected chi connectivity index (χ2v) is 6.30. The number of nitrogens with zero attached hydrogens (tertiary/aromatic N) is 2. The Hall–Kier alpha value is -2.29. The topological polar surface area (TPSA) is 43.8 Å². The first-order valence-electron chi connectivity index (χ1n) is 8.04. The van der Waals surface area contributed by atoms with E-state index < -0.39 is 0 Å². The maximum Gasteiger partial charge on any atom is 0.201 e. The molecule has 0 fully saturated rings. The lowest BCUT2D eigenvalue weighted by Crippen LogP contribution is -2.07. The van der Waals surface area contributed by atoms with Crippen molar-refractivity contribution in [2.45, 2.75) is 39.2 Å². The Bertz CT molecular complexity index is 845. The fourth-order valence-corrected chi connectivity index (χ4v) is 3.50. The molecule has 22 heavy (non-hydrogen) atoms. The van der Waals surface area contributed by atoms with Gasteiger partial charge in [0.1, 0.15) is 0 Å². The van der Waals surface area contributed by atoms with Gasteiger partial charge in [0.05, 0.1) is 17.6 Å². The van der Waals surface area contributed by atoms with Gasteiger partial charge in [0.15, 0.2) is 0 Å². The normalized spacial score (nSPS) is 14.2. The molecule has 1 aliphatic rings. The number of nitrogens with two attached hydrogens (primary N) is 1. The molecule has 0 saturated heterocycles. The van der Waals surface area contributed by atoms with Crippen LogP contribution in [0.25, 0.3) is 11.0 Å². The van der Waals surface area contributed by atoms with Gasteiger partial charge in [0.25, 0.3) is 0 Å². The molecule has 0 amide bonds. The SMILES string of the molecule is Cc1ccccc1Cn1c(N)nc2cc3c(cc21)CCCC3. The van der Waals surface area contributed by atoms with E-state index in [1.807, 2.05) is 0 Å². The second kappa shape index (κ2) is 5.16. The van der Waals surface area contributed by atoms with Crippen molar-refractivity contribution < 1.29 is 0 Å². The summed E-state index contributed by atoms with van der Waals surface area (Å²) in [7, 11) is 0. The van der Waals surface area contributed by atoms with Crippen LogP contribution in [0.1, 0.15) is 35.1 Å². The molecular formula is C19H21N3. The standard InChI is InChI=1S/C19H21N3/c1-13-6-2-3-9-16(13)12-22-18-11-15-8-5-4-7-14(15)10-17(18)21-19(22)20/h2-3,6,9-11H,4-5,7-8,12H2,1H3,(H2,20,21). The Morgan fingerprint density at radius 2 is 1.82 bits per heavy atom. The third-order valence-electron chi connectivity index (χ3n) is 4.83. The lowest BCUT2D eigenvalue weighted by Gasteiger charge is -2.16. The van der Waals surface area contributed by atoms with Gasteiger partial charge >= 0.3 is 0 Å². The minimum atomic E-state index is 0.612. The average molecular weight is 291 g/mol. The van der Waals surface area contributed by atoms with E-state index in [9.17, 15) is 0 Å². The molecule has 2 N–H and O–H groups in total. The number of imidazole rings is 1. The fraction of sp³-hybridized carbons (Fsp3) is 0.316. The molecule has 1 aliphatic carbocycles. The molecule has 3 nitrogen and oxygen atoms in total. The highest BCUT2D eigenvalue weighted by molar-refractivity contribution is 5.80. The minimum Gasteiger partial charge on any atom is -0.369 e. The number of benzene rings is 2. The lowest BCUT2D eigenvalue weighted by atomic mass is 9.91. The zero-order valence-electron chi connectivity index (χ0n) is 13.0. The molecule has 0 unspecified atom stereocenters. The first-order chi connectivity index (χ1) is 10.7. The van der Waals surface area contributed by atoms with Gasteiger partial charge in [0.2, 0.25) is 5.95 Å². The van der Waals surface area contributed by atoms with Crippen molar-refractivity contribution in [3.63, 3.8) is 0 Å². The highest BCUT2D eigenvalue weighted by atomic mass is 15.1. The van der Waals surface area contributed by atoms with Crippen LogP contribution in [0.5, 0.6) is 0 Å². The van der Waals surface area contributed by atoms with Gasteiger partial charge in [-0.25, -0.2) is 4.98 Å². The van der Waals surface area contributed by atoms with Gasteiger partial charge in [-0.1, -0.05) is 24.3 Å². The molecule has 112 valence electrons. The van der Waals surface area contributed by atoms with E-state index in [0.29, 0.717) is 5.95 Å². The molecule has 0 bridgehead atoms. The molecule has 0 saturated carbocycles. The van der Waals surface area contributed by atoms with E-state index in [0.717, 1.165) is 12.1 Å². The Kier molecular flexibility index (Phi) is 3.14. The Balaban J connectivity index is 1.83. The van der Waals surface area contributed by atoms with Gasteiger partial charge < -0.3 is 10.3 Å². The number of hydrogen-bond donors (Lipinski definition) is 1. The first-order valence-corrected chi connectivity index (χ1v) is 8.04. The first kappa shape index (κ1) is 13.4. The van der Waals surface area contributed by atoms with Crippen LogP contribution in [-0.2, 0) is 19.4 Å². The summed E-state index contributed by atoms with van der Waals surface area (Å²) in [5, 5.41) is 0. The molecule has 1 aromatic heterocycles. The van der Waals surface area contributed by atoms with Gasteiger partial charge in [0, 0.05) is 0 Å². The average Bonchev–Trinajstić information content (AvgIpc) is 2.82. The number of fused-ring (bicyclic) bond motifs is 2. The molecule has 0 radical (unpaired) electrons. The van der Waals surface area contributed by atoms with E-state index in [-0.39, 0.29) is 0 Å². The van der Waals surface area contributed by atoms with Crippen molar-refractivity contribution >= 4 is 17.0 Å². The van der Waals surface area contributed by atoms with Crippen molar-refractivity contribution in [3.8, 4) is 0 Å². The van der Waals surface area contributed by atoms with E-state index in [1.165, 1.54) is 53.5 Å². The van der Waals surface area contributed by atoms with Gasteiger partial charge in [-0.3, -0.25) is 0 Å². The van der Waals surface area contributed by atoms with Crippen LogP contribution in [0.3, 0.4) is 0 Å². The largest absolute Gasteiger partial charge is 0.369 e. The monoisotopic (exact) mass is 291 g/mol. The van der Waals surface area contributed by atoms with Crippen molar-refractivity contribution in [3.05, 3.63) is 58.7 Å².